The van der Waals surface area contributed by atoms with Crippen LogP contribution in [0.15, 0.2) is 97.1 Å². The van der Waals surface area contributed by atoms with E-state index in [1.54, 1.807) is 12.1 Å². The maximum Gasteiger partial charge on any atom is 0.196 e. The number of ketones is 2. The Morgan fingerprint density at radius 3 is 1.30 bits per heavy atom. The lowest BCUT2D eigenvalue weighted by atomic mass is 9.78. The minimum absolute atomic E-state index is 0.0544. The minimum Gasteiger partial charge on any atom is -0.381 e. The molecule has 4 heteroatoms. The van der Waals surface area contributed by atoms with Crippen molar-refractivity contribution in [1.29, 1.82) is 0 Å². The zero-order chi connectivity index (χ0) is 29.9. The first kappa shape index (κ1) is 28.6. The number of carbonyl (C=O) groups is 2. The molecule has 2 N–H and O–H groups in total. The molecule has 0 radical (unpaired) electrons. The molecule has 3 aliphatic carbocycles. The van der Waals surface area contributed by atoms with Crippen LogP contribution in [0.2, 0.25) is 0 Å². The Balaban J connectivity index is 1.23. The second-order valence-electron chi connectivity index (χ2n) is 13.1. The van der Waals surface area contributed by atoms with Crippen LogP contribution < -0.4 is 10.6 Å². The molecule has 4 atom stereocenters. The van der Waals surface area contributed by atoms with Crippen LogP contribution in [0.3, 0.4) is 0 Å². The Hall–Kier alpha value is -4.18. The minimum atomic E-state index is -0.0544. The maximum atomic E-state index is 14.2. The molecule has 4 unspecified atom stereocenters. The standard InChI is InChI=1S/C40H42N2O2/c43-39-31-19-9-10-20-32(31)40(44)38-36(42-34-22-12-8-18-30(34)26-28-15-5-2-6-16-28)24-23-35(37(38)39)41-33-21-11-7-17-29(33)25-27-13-3-1-4-14-27/h1-6,9-10,13-16,19-20,23-24,29-30,33-34,41-42H,7-8,11-12,17-18,21-22,25-26H2. The van der Waals surface area contributed by atoms with E-state index in [0.717, 1.165) is 49.9 Å². The molecule has 0 spiro atoms. The van der Waals surface area contributed by atoms with Gasteiger partial charge >= 0.3 is 0 Å². The average molecular weight is 583 g/mol. The van der Waals surface area contributed by atoms with E-state index in [1.165, 1.54) is 36.8 Å². The van der Waals surface area contributed by atoms with Gasteiger partial charge in [-0.05, 0) is 73.6 Å². The van der Waals surface area contributed by atoms with Crippen molar-refractivity contribution in [2.45, 2.75) is 76.3 Å². The van der Waals surface area contributed by atoms with Gasteiger partial charge in [-0.2, -0.15) is 0 Å². The van der Waals surface area contributed by atoms with Crippen molar-refractivity contribution < 1.29 is 9.59 Å². The number of benzene rings is 4. The predicted molar refractivity (Wildman–Crippen MR) is 179 cm³/mol. The number of hydrogen-bond acceptors (Lipinski definition) is 4. The van der Waals surface area contributed by atoms with E-state index in [4.69, 9.17) is 0 Å². The Labute approximate surface area is 261 Å². The Bertz CT molecular complexity index is 1510. The summed E-state index contributed by atoms with van der Waals surface area (Å²) < 4.78 is 0. The van der Waals surface area contributed by atoms with Crippen LogP contribution >= 0.6 is 0 Å². The molecule has 0 aliphatic heterocycles. The lowest BCUT2D eigenvalue weighted by Crippen LogP contribution is -2.36. The molecule has 224 valence electrons. The van der Waals surface area contributed by atoms with Crippen molar-refractivity contribution in [3.8, 4) is 0 Å². The Kier molecular flexibility index (Phi) is 8.33. The van der Waals surface area contributed by atoms with Gasteiger partial charge in [-0.3, -0.25) is 9.59 Å². The van der Waals surface area contributed by atoms with Crippen LogP contribution in [0.25, 0.3) is 0 Å². The molecule has 4 aromatic carbocycles. The van der Waals surface area contributed by atoms with Crippen LogP contribution in [-0.2, 0) is 12.8 Å². The van der Waals surface area contributed by atoms with Gasteiger partial charge in [0.2, 0.25) is 0 Å². The highest BCUT2D eigenvalue weighted by atomic mass is 16.1. The van der Waals surface area contributed by atoms with E-state index in [2.05, 4.69) is 83.4 Å². The highest BCUT2D eigenvalue weighted by molar-refractivity contribution is 6.31. The van der Waals surface area contributed by atoms with E-state index in [9.17, 15) is 9.59 Å². The van der Waals surface area contributed by atoms with Crippen molar-refractivity contribution in [1.82, 2.24) is 0 Å². The molecular formula is C40H42N2O2. The molecule has 0 bridgehead atoms. The summed E-state index contributed by atoms with van der Waals surface area (Å²) in [5, 5.41) is 7.67. The zero-order valence-electron chi connectivity index (χ0n) is 25.4. The molecule has 2 fully saturated rings. The van der Waals surface area contributed by atoms with Crippen molar-refractivity contribution in [3.05, 3.63) is 130 Å². The largest absolute Gasteiger partial charge is 0.381 e. The van der Waals surface area contributed by atoms with Gasteiger partial charge in [-0.1, -0.05) is 111 Å². The van der Waals surface area contributed by atoms with Crippen molar-refractivity contribution in [2.75, 3.05) is 10.6 Å². The summed E-state index contributed by atoms with van der Waals surface area (Å²) in [6, 6.07) is 33.4. The van der Waals surface area contributed by atoms with Crippen LogP contribution in [0.1, 0.15) is 94.3 Å². The third-order valence-electron chi connectivity index (χ3n) is 10.3. The summed E-state index contributed by atoms with van der Waals surface area (Å²) in [6.07, 6.45) is 11.3. The quantitative estimate of drug-likeness (QED) is 0.192. The van der Waals surface area contributed by atoms with Gasteiger partial charge in [0.1, 0.15) is 0 Å². The first-order valence-electron chi connectivity index (χ1n) is 16.6. The van der Waals surface area contributed by atoms with E-state index in [1.807, 2.05) is 12.1 Å². The van der Waals surface area contributed by atoms with E-state index in [0.29, 0.717) is 34.1 Å². The van der Waals surface area contributed by atoms with Crippen molar-refractivity contribution in [2.24, 2.45) is 11.8 Å². The summed E-state index contributed by atoms with van der Waals surface area (Å²) in [4.78, 5) is 28.4. The first-order valence-corrected chi connectivity index (χ1v) is 16.6. The van der Waals surface area contributed by atoms with Gasteiger partial charge in [-0.15, -0.1) is 0 Å². The van der Waals surface area contributed by atoms with Crippen molar-refractivity contribution >= 4 is 22.9 Å². The highest BCUT2D eigenvalue weighted by Crippen LogP contribution is 2.40. The van der Waals surface area contributed by atoms with E-state index < -0.39 is 0 Å². The third-order valence-corrected chi connectivity index (χ3v) is 10.3. The third kappa shape index (κ3) is 5.83. The SMILES string of the molecule is O=C1c2ccccc2C(=O)c2c(NC3CCCCC3Cc3ccccc3)ccc(NC3CCCCC3Cc3ccccc3)c21. The number of nitrogens with one attached hydrogen (secondary N) is 2. The number of fused-ring (bicyclic) bond motifs is 2. The van der Waals surface area contributed by atoms with Gasteiger partial charge in [0.25, 0.3) is 0 Å². The molecule has 2 saturated carbocycles. The number of carbonyl (C=O) groups excluding carboxylic acids is 2. The van der Waals surface area contributed by atoms with Crippen LogP contribution in [-0.4, -0.2) is 23.7 Å². The van der Waals surface area contributed by atoms with Crippen LogP contribution in [0, 0.1) is 11.8 Å². The van der Waals surface area contributed by atoms with Gasteiger partial charge in [-0.25, -0.2) is 0 Å². The summed E-state index contributed by atoms with van der Waals surface area (Å²) in [5.74, 6) is 0.840. The molecule has 0 amide bonds. The average Bonchev–Trinajstić information content (AvgIpc) is 3.07. The summed E-state index contributed by atoms with van der Waals surface area (Å²) in [6.45, 7) is 0. The van der Waals surface area contributed by atoms with E-state index >= 15 is 0 Å². The molecular weight excluding hydrogens is 540 g/mol. The fourth-order valence-corrected chi connectivity index (χ4v) is 7.98. The van der Waals surface area contributed by atoms with Crippen LogP contribution in [0.5, 0.6) is 0 Å². The summed E-state index contributed by atoms with van der Waals surface area (Å²) >= 11 is 0. The number of hydrogen-bond donors (Lipinski definition) is 2. The molecule has 3 aliphatic rings. The lowest BCUT2D eigenvalue weighted by Gasteiger charge is -2.36. The van der Waals surface area contributed by atoms with Crippen molar-refractivity contribution in [3.63, 3.8) is 0 Å². The molecule has 0 aromatic heterocycles. The maximum absolute atomic E-state index is 14.2. The second-order valence-corrected chi connectivity index (χ2v) is 13.1. The Morgan fingerprint density at radius 1 is 0.477 bits per heavy atom. The van der Waals surface area contributed by atoms with Gasteiger partial charge in [0, 0.05) is 34.6 Å². The molecule has 7 rings (SSSR count). The number of anilines is 2. The van der Waals surface area contributed by atoms with Gasteiger partial charge in [0.15, 0.2) is 11.6 Å². The first-order chi connectivity index (χ1) is 21.7. The van der Waals surface area contributed by atoms with Gasteiger partial charge < -0.3 is 10.6 Å². The topological polar surface area (TPSA) is 58.2 Å². The smallest absolute Gasteiger partial charge is 0.196 e. The summed E-state index contributed by atoms with van der Waals surface area (Å²) in [7, 11) is 0. The fraction of sp³-hybridized carbons (Fsp3) is 0.350. The molecule has 4 nitrogen and oxygen atoms in total. The van der Waals surface area contributed by atoms with Gasteiger partial charge in [0.05, 0.1) is 11.1 Å². The summed E-state index contributed by atoms with van der Waals surface area (Å²) in [5.41, 5.74) is 6.40. The molecule has 44 heavy (non-hydrogen) atoms. The molecule has 0 heterocycles. The normalized spacial score (nSPS) is 23.0. The lowest BCUT2D eigenvalue weighted by molar-refractivity contribution is 0.0980. The predicted octanol–water partition coefficient (Wildman–Crippen LogP) is 8.89. The molecule has 4 aromatic rings. The molecule has 0 saturated heterocycles. The fourth-order valence-electron chi connectivity index (χ4n) is 7.98. The van der Waals surface area contributed by atoms with E-state index in [-0.39, 0.29) is 23.7 Å². The van der Waals surface area contributed by atoms with Crippen LogP contribution in [0.4, 0.5) is 11.4 Å². The monoisotopic (exact) mass is 582 g/mol. The second kappa shape index (κ2) is 12.8. The highest BCUT2D eigenvalue weighted by Gasteiger charge is 2.36. The Morgan fingerprint density at radius 2 is 0.864 bits per heavy atom. The number of rotatable bonds is 8. The zero-order valence-corrected chi connectivity index (χ0v) is 25.4.